The quantitative estimate of drug-likeness (QED) is 0.707. The number of alkyl halides is 3. The summed E-state index contributed by atoms with van der Waals surface area (Å²) in [5, 5.41) is 16.6. The zero-order valence-electron chi connectivity index (χ0n) is 14.4. The van der Waals surface area contributed by atoms with Gasteiger partial charge in [-0.2, -0.15) is 0 Å². The summed E-state index contributed by atoms with van der Waals surface area (Å²) in [5.41, 5.74) is 1.73. The third kappa shape index (κ3) is 4.00. The van der Waals surface area contributed by atoms with E-state index in [0.29, 0.717) is 29.2 Å². The Bertz CT molecular complexity index is 1000. The largest absolute Gasteiger partial charge is 0.573 e. The smallest absolute Gasteiger partial charge is 0.406 e. The van der Waals surface area contributed by atoms with E-state index in [1.807, 2.05) is 6.20 Å². The minimum Gasteiger partial charge on any atom is -0.406 e. The number of ether oxygens (including phenoxy) is 1. The molecule has 0 aliphatic heterocycles. The molecule has 0 bridgehead atoms. The molecule has 0 amide bonds. The Morgan fingerprint density at radius 1 is 1.22 bits per heavy atom. The van der Waals surface area contributed by atoms with Crippen LogP contribution in [0.1, 0.15) is 37.3 Å². The van der Waals surface area contributed by atoms with Gasteiger partial charge in [-0.1, -0.05) is 29.4 Å². The van der Waals surface area contributed by atoms with E-state index in [2.05, 4.69) is 15.0 Å². The van der Waals surface area contributed by atoms with Gasteiger partial charge in [-0.3, -0.25) is 10.1 Å². The number of hydrogen-bond donors (Lipinski definition) is 1. The Kier molecular flexibility index (Phi) is 4.67. The number of benzene rings is 1. The van der Waals surface area contributed by atoms with Crippen molar-refractivity contribution in [2.24, 2.45) is 0 Å². The molecule has 0 radical (unpaired) electrons. The van der Waals surface area contributed by atoms with Crippen molar-refractivity contribution in [1.29, 1.82) is 5.41 Å². The van der Waals surface area contributed by atoms with Gasteiger partial charge in [0.05, 0.1) is 22.5 Å². The number of nitrogens with one attached hydrogen (secondary N) is 1. The molecule has 4 rings (SSSR count). The second kappa shape index (κ2) is 6.99. The van der Waals surface area contributed by atoms with Crippen LogP contribution in [0.3, 0.4) is 0 Å². The van der Waals surface area contributed by atoms with E-state index in [4.69, 9.17) is 5.41 Å². The van der Waals surface area contributed by atoms with E-state index in [1.165, 1.54) is 25.0 Å². The summed E-state index contributed by atoms with van der Waals surface area (Å²) in [4.78, 5) is 0.269. The average Bonchev–Trinajstić information content (AvgIpc) is 3.30. The Balaban J connectivity index is 1.50. The highest BCUT2D eigenvalue weighted by molar-refractivity contribution is 7.16. The summed E-state index contributed by atoms with van der Waals surface area (Å²) in [6.07, 6.45) is 2.01. The zero-order chi connectivity index (χ0) is 19.0. The van der Waals surface area contributed by atoms with Crippen molar-refractivity contribution < 1.29 is 17.9 Å². The number of fused-ring (bicyclic) bond motifs is 1. The van der Waals surface area contributed by atoms with Crippen LogP contribution in [-0.2, 0) is 13.1 Å². The standard InChI is InChI=1S/C17H18F3N5OS/c18-17(19,20)26-12-5-6-14-15(9-12)27-16(21)25(14)8-7-24-10-13(22-23-24)11-3-1-2-4-11/h5-6,9-11,21H,1-4,7-8H2. The van der Waals surface area contributed by atoms with Crippen molar-refractivity contribution in [1.82, 2.24) is 19.6 Å². The molecule has 1 aromatic carbocycles. The first-order chi connectivity index (χ1) is 12.9. The van der Waals surface area contributed by atoms with Gasteiger partial charge in [0.1, 0.15) is 5.75 Å². The van der Waals surface area contributed by atoms with Gasteiger partial charge in [0.2, 0.25) is 0 Å². The van der Waals surface area contributed by atoms with Crippen LogP contribution in [0.4, 0.5) is 13.2 Å². The van der Waals surface area contributed by atoms with Gasteiger partial charge in [0, 0.05) is 18.7 Å². The highest BCUT2D eigenvalue weighted by Gasteiger charge is 2.31. The fourth-order valence-electron chi connectivity index (χ4n) is 3.52. The monoisotopic (exact) mass is 397 g/mol. The van der Waals surface area contributed by atoms with Gasteiger partial charge in [0.25, 0.3) is 0 Å². The number of nitrogens with zero attached hydrogens (tertiary/aromatic N) is 4. The Labute approximate surface area is 156 Å². The van der Waals surface area contributed by atoms with Crippen molar-refractivity contribution in [3.63, 3.8) is 0 Å². The van der Waals surface area contributed by atoms with Crippen molar-refractivity contribution in [3.05, 3.63) is 34.9 Å². The van der Waals surface area contributed by atoms with Crippen LogP contribution < -0.4 is 9.54 Å². The molecule has 2 heterocycles. The van der Waals surface area contributed by atoms with Crippen molar-refractivity contribution in [2.75, 3.05) is 0 Å². The van der Waals surface area contributed by atoms with E-state index < -0.39 is 6.36 Å². The third-order valence-electron chi connectivity index (χ3n) is 4.79. The lowest BCUT2D eigenvalue weighted by molar-refractivity contribution is -0.274. The minimum absolute atomic E-state index is 0.269. The summed E-state index contributed by atoms with van der Waals surface area (Å²) >= 11 is 1.12. The summed E-state index contributed by atoms with van der Waals surface area (Å²) in [5.74, 6) is 0.216. The lowest BCUT2D eigenvalue weighted by atomic mass is 10.1. The first-order valence-electron chi connectivity index (χ1n) is 8.73. The Morgan fingerprint density at radius 2 is 2.00 bits per heavy atom. The molecule has 6 nitrogen and oxygen atoms in total. The van der Waals surface area contributed by atoms with Crippen LogP contribution in [0.2, 0.25) is 0 Å². The van der Waals surface area contributed by atoms with Crippen molar-refractivity contribution >= 4 is 21.6 Å². The van der Waals surface area contributed by atoms with E-state index in [0.717, 1.165) is 29.9 Å². The first kappa shape index (κ1) is 18.0. The van der Waals surface area contributed by atoms with E-state index in [1.54, 1.807) is 15.3 Å². The van der Waals surface area contributed by atoms with Gasteiger partial charge < -0.3 is 9.30 Å². The molecule has 27 heavy (non-hydrogen) atoms. The van der Waals surface area contributed by atoms with Gasteiger partial charge in [0.15, 0.2) is 4.80 Å². The molecule has 1 saturated carbocycles. The lowest BCUT2D eigenvalue weighted by Gasteiger charge is -2.09. The molecular weight excluding hydrogens is 379 g/mol. The number of thiazole rings is 1. The number of rotatable bonds is 5. The van der Waals surface area contributed by atoms with Crippen LogP contribution in [0, 0.1) is 5.41 Å². The molecule has 0 saturated heterocycles. The van der Waals surface area contributed by atoms with Gasteiger partial charge >= 0.3 is 6.36 Å². The van der Waals surface area contributed by atoms with Crippen LogP contribution in [-0.4, -0.2) is 25.9 Å². The fraction of sp³-hybridized carbons (Fsp3) is 0.471. The van der Waals surface area contributed by atoms with Crippen LogP contribution in [0.15, 0.2) is 24.4 Å². The Hall–Kier alpha value is -2.36. The number of aryl methyl sites for hydroxylation is 2. The fourth-order valence-corrected chi connectivity index (χ4v) is 4.49. The molecule has 1 aliphatic carbocycles. The van der Waals surface area contributed by atoms with Gasteiger partial charge in [-0.15, -0.1) is 18.3 Å². The molecule has 1 fully saturated rings. The molecule has 10 heteroatoms. The lowest BCUT2D eigenvalue weighted by Crippen LogP contribution is -2.17. The van der Waals surface area contributed by atoms with Crippen LogP contribution in [0.25, 0.3) is 10.2 Å². The predicted molar refractivity (Wildman–Crippen MR) is 93.6 cm³/mol. The summed E-state index contributed by atoms with van der Waals surface area (Å²) < 4.78 is 45.2. The maximum absolute atomic E-state index is 12.4. The normalized spacial score (nSPS) is 15.7. The highest BCUT2D eigenvalue weighted by atomic mass is 32.1. The Morgan fingerprint density at radius 3 is 2.74 bits per heavy atom. The number of halogens is 3. The molecule has 2 aromatic heterocycles. The minimum atomic E-state index is -4.73. The second-order valence-electron chi connectivity index (χ2n) is 6.62. The molecular formula is C17H18F3N5OS. The zero-order valence-corrected chi connectivity index (χ0v) is 15.2. The van der Waals surface area contributed by atoms with Crippen LogP contribution >= 0.6 is 11.3 Å². The van der Waals surface area contributed by atoms with Crippen molar-refractivity contribution in [2.45, 2.75) is 51.1 Å². The maximum Gasteiger partial charge on any atom is 0.573 e. The SMILES string of the molecule is N=c1sc2cc(OC(F)(F)F)ccc2n1CCn1cc(C2CCCC2)nn1. The topological polar surface area (TPSA) is 68.7 Å². The number of hydrogen-bond acceptors (Lipinski definition) is 5. The summed E-state index contributed by atoms with van der Waals surface area (Å²) in [6, 6.07) is 4.14. The van der Waals surface area contributed by atoms with E-state index in [9.17, 15) is 13.2 Å². The first-order valence-corrected chi connectivity index (χ1v) is 9.54. The predicted octanol–water partition coefficient (Wildman–Crippen LogP) is 4.03. The van der Waals surface area contributed by atoms with Gasteiger partial charge in [-0.05, 0) is 31.0 Å². The second-order valence-corrected chi connectivity index (χ2v) is 7.65. The van der Waals surface area contributed by atoms with E-state index >= 15 is 0 Å². The molecule has 3 aromatic rings. The average molecular weight is 397 g/mol. The van der Waals surface area contributed by atoms with Gasteiger partial charge in [-0.25, -0.2) is 0 Å². The molecule has 0 atom stereocenters. The van der Waals surface area contributed by atoms with Crippen LogP contribution in [0.5, 0.6) is 5.75 Å². The molecule has 0 unspecified atom stereocenters. The molecule has 1 aliphatic rings. The molecule has 1 N–H and O–H groups in total. The molecule has 0 spiro atoms. The van der Waals surface area contributed by atoms with E-state index in [-0.39, 0.29) is 10.6 Å². The summed E-state index contributed by atoms with van der Waals surface area (Å²) in [7, 11) is 0. The maximum atomic E-state index is 12.4. The molecule has 144 valence electrons. The third-order valence-corrected chi connectivity index (χ3v) is 5.75. The highest BCUT2D eigenvalue weighted by Crippen LogP contribution is 2.32. The summed E-state index contributed by atoms with van der Waals surface area (Å²) in [6.45, 7) is 1.04. The number of aromatic nitrogens is 4. The van der Waals surface area contributed by atoms with Crippen molar-refractivity contribution in [3.8, 4) is 5.75 Å².